The number of hydrogen-bond acceptors (Lipinski definition) is 2. The highest BCUT2D eigenvalue weighted by Gasteiger charge is 2.07. The highest BCUT2D eigenvalue weighted by atomic mass is 16.2. The quantitative estimate of drug-likeness (QED) is 0.609. The fourth-order valence-corrected chi connectivity index (χ4v) is 0.897. The summed E-state index contributed by atoms with van der Waals surface area (Å²) in [7, 11) is 0. The van der Waals surface area contributed by atoms with Gasteiger partial charge in [-0.2, -0.15) is 5.26 Å². The van der Waals surface area contributed by atoms with Gasteiger partial charge in [0.05, 0.1) is 6.07 Å². The Balaban J connectivity index is 3.72. The zero-order valence-electron chi connectivity index (χ0n) is 7.13. The summed E-state index contributed by atoms with van der Waals surface area (Å²) in [6, 6.07) is 1.95. The molecule has 0 radical (unpaired) electrons. The third-order valence-corrected chi connectivity index (χ3v) is 1.57. The van der Waals surface area contributed by atoms with Gasteiger partial charge in [0.1, 0.15) is 0 Å². The highest BCUT2D eigenvalue weighted by Crippen LogP contribution is 1.95. The van der Waals surface area contributed by atoms with Gasteiger partial charge in [-0.1, -0.05) is 0 Å². The van der Waals surface area contributed by atoms with Crippen molar-refractivity contribution >= 4 is 5.91 Å². The Morgan fingerprint density at radius 1 is 1.45 bits per heavy atom. The van der Waals surface area contributed by atoms with Crippen LogP contribution in [-0.4, -0.2) is 23.9 Å². The maximum Gasteiger partial charge on any atom is 0.223 e. The van der Waals surface area contributed by atoms with Crippen LogP contribution in [0.3, 0.4) is 0 Å². The number of carbonyl (C=O) groups is 1. The minimum Gasteiger partial charge on any atom is -0.343 e. The second-order valence-electron chi connectivity index (χ2n) is 2.22. The Morgan fingerprint density at radius 2 is 2.00 bits per heavy atom. The second-order valence-corrected chi connectivity index (χ2v) is 2.22. The second kappa shape index (κ2) is 5.72. The maximum atomic E-state index is 11.1. The normalized spacial score (nSPS) is 8.82. The van der Waals surface area contributed by atoms with Crippen LogP contribution in [0.1, 0.15) is 26.7 Å². The minimum absolute atomic E-state index is 0.0801. The van der Waals surface area contributed by atoms with Crippen LogP contribution in [0.4, 0.5) is 0 Å². The summed E-state index contributed by atoms with van der Waals surface area (Å²) in [6.07, 6.45) is 0.688. The molecule has 0 aromatic rings. The van der Waals surface area contributed by atoms with Crippen LogP contribution in [0.25, 0.3) is 0 Å². The SMILES string of the molecule is CCN(CC)C(=O)CCC#N. The van der Waals surface area contributed by atoms with E-state index in [2.05, 4.69) is 0 Å². The molecule has 0 atom stereocenters. The van der Waals surface area contributed by atoms with Crippen molar-refractivity contribution in [2.75, 3.05) is 13.1 Å². The van der Waals surface area contributed by atoms with E-state index in [0.29, 0.717) is 12.8 Å². The number of nitrogens with zero attached hydrogens (tertiary/aromatic N) is 2. The molecule has 0 aliphatic heterocycles. The Morgan fingerprint density at radius 3 is 2.36 bits per heavy atom. The number of amides is 1. The van der Waals surface area contributed by atoms with Gasteiger partial charge in [-0.15, -0.1) is 0 Å². The molecule has 62 valence electrons. The molecule has 1 amide bonds. The molecule has 0 heterocycles. The van der Waals surface area contributed by atoms with Crippen molar-refractivity contribution in [2.45, 2.75) is 26.7 Å². The smallest absolute Gasteiger partial charge is 0.223 e. The van der Waals surface area contributed by atoms with E-state index < -0.39 is 0 Å². The first-order valence-corrected chi connectivity index (χ1v) is 3.91. The van der Waals surface area contributed by atoms with E-state index in [1.165, 1.54) is 0 Å². The lowest BCUT2D eigenvalue weighted by molar-refractivity contribution is -0.130. The molecule has 3 nitrogen and oxygen atoms in total. The summed E-state index contributed by atoms with van der Waals surface area (Å²) in [5.74, 6) is 0.0801. The van der Waals surface area contributed by atoms with Crippen molar-refractivity contribution in [3.05, 3.63) is 0 Å². The number of rotatable bonds is 4. The molecule has 0 rings (SSSR count). The molecule has 0 bridgehead atoms. The molecule has 0 aliphatic rings. The molecule has 0 aromatic carbocycles. The van der Waals surface area contributed by atoms with Crippen LogP contribution in [0, 0.1) is 11.3 Å². The van der Waals surface area contributed by atoms with Gasteiger partial charge in [0.25, 0.3) is 0 Å². The number of carbonyl (C=O) groups excluding carboxylic acids is 1. The van der Waals surface area contributed by atoms with Crippen LogP contribution in [-0.2, 0) is 4.79 Å². The van der Waals surface area contributed by atoms with Gasteiger partial charge in [0.15, 0.2) is 0 Å². The van der Waals surface area contributed by atoms with Crippen LogP contribution >= 0.6 is 0 Å². The maximum absolute atomic E-state index is 11.1. The molecule has 0 saturated heterocycles. The van der Waals surface area contributed by atoms with Gasteiger partial charge < -0.3 is 4.90 Å². The topological polar surface area (TPSA) is 44.1 Å². The average molecular weight is 154 g/mol. The number of nitriles is 1. The van der Waals surface area contributed by atoms with E-state index in [4.69, 9.17) is 5.26 Å². The van der Waals surface area contributed by atoms with E-state index in [0.717, 1.165) is 13.1 Å². The van der Waals surface area contributed by atoms with Crippen LogP contribution in [0.5, 0.6) is 0 Å². The molecule has 0 spiro atoms. The lowest BCUT2D eigenvalue weighted by Gasteiger charge is -2.17. The van der Waals surface area contributed by atoms with Crippen molar-refractivity contribution in [2.24, 2.45) is 0 Å². The van der Waals surface area contributed by atoms with Crippen molar-refractivity contribution in [3.63, 3.8) is 0 Å². The van der Waals surface area contributed by atoms with Gasteiger partial charge in [-0.05, 0) is 13.8 Å². The van der Waals surface area contributed by atoms with Gasteiger partial charge in [-0.25, -0.2) is 0 Å². The van der Waals surface area contributed by atoms with Crippen LogP contribution < -0.4 is 0 Å². The molecule has 0 aromatic heterocycles. The van der Waals surface area contributed by atoms with Crippen molar-refractivity contribution < 1.29 is 4.79 Å². The third-order valence-electron chi connectivity index (χ3n) is 1.57. The lowest BCUT2D eigenvalue weighted by Crippen LogP contribution is -2.29. The van der Waals surface area contributed by atoms with Gasteiger partial charge >= 0.3 is 0 Å². The van der Waals surface area contributed by atoms with Crippen molar-refractivity contribution in [1.29, 1.82) is 5.26 Å². The molecule has 0 aliphatic carbocycles. The molecular weight excluding hydrogens is 140 g/mol. The Labute approximate surface area is 67.6 Å². The van der Waals surface area contributed by atoms with Gasteiger partial charge in [-0.3, -0.25) is 4.79 Å². The first-order chi connectivity index (χ1) is 5.26. The standard InChI is InChI=1S/C8H14N2O/c1-3-10(4-2)8(11)6-5-7-9/h3-6H2,1-2H3. The Kier molecular flexibility index (Phi) is 5.18. The first kappa shape index (κ1) is 9.96. The van der Waals surface area contributed by atoms with Crippen LogP contribution in [0.2, 0.25) is 0 Å². The lowest BCUT2D eigenvalue weighted by atomic mass is 10.3. The van der Waals surface area contributed by atoms with Crippen molar-refractivity contribution in [1.82, 2.24) is 4.90 Å². The highest BCUT2D eigenvalue weighted by molar-refractivity contribution is 5.76. The van der Waals surface area contributed by atoms with E-state index in [1.54, 1.807) is 4.90 Å². The van der Waals surface area contributed by atoms with E-state index in [1.807, 2.05) is 19.9 Å². The molecule has 0 unspecified atom stereocenters. The summed E-state index contributed by atoms with van der Waals surface area (Å²) in [6.45, 7) is 5.35. The first-order valence-electron chi connectivity index (χ1n) is 3.91. The fourth-order valence-electron chi connectivity index (χ4n) is 0.897. The fraction of sp³-hybridized carbons (Fsp3) is 0.750. The Bertz CT molecular complexity index is 156. The van der Waals surface area contributed by atoms with E-state index in [9.17, 15) is 4.79 Å². The average Bonchev–Trinajstić information content (AvgIpc) is 2.03. The summed E-state index contributed by atoms with van der Waals surface area (Å²) >= 11 is 0. The summed E-state index contributed by atoms with van der Waals surface area (Å²) in [5, 5.41) is 8.22. The zero-order chi connectivity index (χ0) is 8.69. The number of hydrogen-bond donors (Lipinski definition) is 0. The largest absolute Gasteiger partial charge is 0.343 e. The summed E-state index contributed by atoms with van der Waals surface area (Å²) < 4.78 is 0. The third kappa shape index (κ3) is 3.61. The van der Waals surface area contributed by atoms with Gasteiger partial charge in [0.2, 0.25) is 5.91 Å². The zero-order valence-corrected chi connectivity index (χ0v) is 7.13. The van der Waals surface area contributed by atoms with Gasteiger partial charge in [0, 0.05) is 25.9 Å². The molecule has 0 saturated carbocycles. The minimum atomic E-state index is 0.0801. The van der Waals surface area contributed by atoms with Crippen molar-refractivity contribution in [3.8, 4) is 6.07 Å². The predicted molar refractivity (Wildman–Crippen MR) is 42.8 cm³/mol. The molecule has 0 fully saturated rings. The predicted octanol–water partition coefficient (Wildman–Crippen LogP) is 1.16. The molecule has 0 N–H and O–H groups in total. The molecule has 3 heteroatoms. The Hall–Kier alpha value is -1.04. The van der Waals surface area contributed by atoms with Crippen LogP contribution in [0.15, 0.2) is 0 Å². The van der Waals surface area contributed by atoms with E-state index >= 15 is 0 Å². The monoisotopic (exact) mass is 154 g/mol. The van der Waals surface area contributed by atoms with E-state index in [-0.39, 0.29) is 5.91 Å². The molecular formula is C8H14N2O. The molecule has 11 heavy (non-hydrogen) atoms. The summed E-state index contributed by atoms with van der Waals surface area (Å²) in [4.78, 5) is 12.9. The summed E-state index contributed by atoms with van der Waals surface area (Å²) in [5.41, 5.74) is 0.